The molecule has 1 heterocycles. The van der Waals surface area contributed by atoms with Crippen molar-refractivity contribution in [2.45, 2.75) is 19.8 Å². The lowest BCUT2D eigenvalue weighted by molar-refractivity contribution is 0.0956. The van der Waals surface area contributed by atoms with Gasteiger partial charge in [-0.25, -0.2) is 14.8 Å². The van der Waals surface area contributed by atoms with Gasteiger partial charge < -0.3 is 0 Å². The lowest BCUT2D eigenvalue weighted by Gasteiger charge is -2.12. The first kappa shape index (κ1) is 23.9. The van der Waals surface area contributed by atoms with Crippen molar-refractivity contribution < 1.29 is 9.18 Å². The topological polar surface area (TPSA) is 54.4 Å². The Morgan fingerprint density at radius 2 is 1.79 bits per heavy atom. The van der Waals surface area contributed by atoms with Crippen LogP contribution in [0.5, 0.6) is 0 Å². The number of halogens is 3. The maximum Gasteiger partial charge on any atom is 0.272 e. The SMILES string of the molecule is Cc1cccc2c(C(=O)N/N=C(\CCCCl)c3ccc(F)cc3)cc(-c3ccc(Cl)cc3)nc12. The van der Waals surface area contributed by atoms with Crippen molar-refractivity contribution in [2.24, 2.45) is 5.10 Å². The second-order valence-electron chi connectivity index (χ2n) is 7.83. The zero-order valence-electron chi connectivity index (χ0n) is 18.5. The number of carbonyl (C=O) groups is 1. The van der Waals surface area contributed by atoms with Gasteiger partial charge >= 0.3 is 0 Å². The molecule has 4 nitrogen and oxygen atoms in total. The molecule has 4 aromatic rings. The third-order valence-corrected chi connectivity index (χ3v) is 5.96. The van der Waals surface area contributed by atoms with E-state index < -0.39 is 0 Å². The van der Waals surface area contributed by atoms with Crippen molar-refractivity contribution >= 4 is 45.7 Å². The Morgan fingerprint density at radius 3 is 2.50 bits per heavy atom. The van der Waals surface area contributed by atoms with E-state index in [4.69, 9.17) is 28.2 Å². The molecule has 172 valence electrons. The second-order valence-corrected chi connectivity index (χ2v) is 8.65. The van der Waals surface area contributed by atoms with E-state index in [2.05, 4.69) is 10.5 Å². The highest BCUT2D eigenvalue weighted by molar-refractivity contribution is 6.30. The van der Waals surface area contributed by atoms with Gasteiger partial charge in [0.1, 0.15) is 5.82 Å². The average Bonchev–Trinajstić information content (AvgIpc) is 2.85. The van der Waals surface area contributed by atoms with E-state index in [1.165, 1.54) is 12.1 Å². The first-order chi connectivity index (χ1) is 16.5. The summed E-state index contributed by atoms with van der Waals surface area (Å²) in [5.74, 6) is -0.246. The van der Waals surface area contributed by atoms with Crippen LogP contribution in [0.25, 0.3) is 22.2 Å². The number of amides is 1. The van der Waals surface area contributed by atoms with E-state index >= 15 is 0 Å². The lowest BCUT2D eigenvalue weighted by atomic mass is 10.0. The van der Waals surface area contributed by atoms with Gasteiger partial charge in [0.2, 0.25) is 0 Å². The molecule has 7 heteroatoms. The Kier molecular flexibility index (Phi) is 7.56. The number of hydrogen-bond donors (Lipinski definition) is 1. The molecule has 0 bridgehead atoms. The summed E-state index contributed by atoms with van der Waals surface area (Å²) >= 11 is 11.9. The summed E-state index contributed by atoms with van der Waals surface area (Å²) < 4.78 is 13.4. The van der Waals surface area contributed by atoms with Crippen LogP contribution >= 0.6 is 23.2 Å². The summed E-state index contributed by atoms with van der Waals surface area (Å²) in [5, 5.41) is 5.73. The number of hydrogen-bond acceptors (Lipinski definition) is 3. The third kappa shape index (κ3) is 5.44. The molecule has 34 heavy (non-hydrogen) atoms. The molecular formula is C27H22Cl2FN3O. The highest BCUT2D eigenvalue weighted by Crippen LogP contribution is 2.27. The number of carbonyl (C=O) groups excluding carboxylic acids is 1. The van der Waals surface area contributed by atoms with Crippen LogP contribution in [0.3, 0.4) is 0 Å². The fourth-order valence-electron chi connectivity index (χ4n) is 3.67. The number of para-hydroxylation sites is 1. The normalized spacial score (nSPS) is 11.6. The predicted molar refractivity (Wildman–Crippen MR) is 137 cm³/mol. The van der Waals surface area contributed by atoms with E-state index in [-0.39, 0.29) is 11.7 Å². The molecule has 0 aliphatic carbocycles. The van der Waals surface area contributed by atoms with Gasteiger partial charge in [-0.2, -0.15) is 5.10 Å². The molecule has 0 spiro atoms. The number of hydrazone groups is 1. The van der Waals surface area contributed by atoms with Crippen LogP contribution in [0.15, 0.2) is 77.9 Å². The molecule has 0 fully saturated rings. The monoisotopic (exact) mass is 493 g/mol. The van der Waals surface area contributed by atoms with Gasteiger partial charge in [0.15, 0.2) is 0 Å². The molecule has 1 aromatic heterocycles. The van der Waals surface area contributed by atoms with Crippen LogP contribution in [0, 0.1) is 12.7 Å². The van der Waals surface area contributed by atoms with Crippen molar-refractivity contribution in [1.82, 2.24) is 10.4 Å². The zero-order chi connectivity index (χ0) is 24.1. The van der Waals surface area contributed by atoms with Crippen LogP contribution < -0.4 is 5.43 Å². The first-order valence-corrected chi connectivity index (χ1v) is 11.7. The quantitative estimate of drug-likeness (QED) is 0.168. The molecule has 0 saturated heterocycles. The van der Waals surface area contributed by atoms with Crippen LogP contribution in [-0.4, -0.2) is 22.5 Å². The van der Waals surface area contributed by atoms with Gasteiger partial charge in [0.25, 0.3) is 5.91 Å². The number of aromatic nitrogens is 1. The van der Waals surface area contributed by atoms with Gasteiger partial charge in [-0.1, -0.05) is 54.1 Å². The highest BCUT2D eigenvalue weighted by atomic mass is 35.5. The number of fused-ring (bicyclic) bond motifs is 1. The van der Waals surface area contributed by atoms with E-state index in [9.17, 15) is 9.18 Å². The Bertz CT molecular complexity index is 1350. The van der Waals surface area contributed by atoms with E-state index in [1.54, 1.807) is 30.3 Å². The second kappa shape index (κ2) is 10.8. The maximum atomic E-state index is 13.4. The molecule has 1 N–H and O–H groups in total. The molecule has 0 saturated carbocycles. The number of pyridine rings is 1. The minimum atomic E-state index is -0.362. The Hall–Kier alpha value is -3.28. The lowest BCUT2D eigenvalue weighted by Crippen LogP contribution is -2.21. The first-order valence-electron chi connectivity index (χ1n) is 10.8. The van der Waals surface area contributed by atoms with Crippen LogP contribution in [0.2, 0.25) is 5.02 Å². The van der Waals surface area contributed by atoms with Gasteiger partial charge in [-0.3, -0.25) is 4.79 Å². The van der Waals surface area contributed by atoms with E-state index in [0.29, 0.717) is 40.7 Å². The minimum absolute atomic E-state index is 0.335. The van der Waals surface area contributed by atoms with E-state index in [0.717, 1.165) is 27.6 Å². The molecule has 3 aromatic carbocycles. The standard InChI is InChI=1S/C27H22Cl2FN3O/c1-17-4-2-5-22-23(16-25(31-26(17)22)19-7-11-20(29)12-8-19)27(34)33-32-24(6-3-15-28)18-9-13-21(30)14-10-18/h2,4-5,7-14,16H,3,6,15H2,1H3,(H,33,34)/b32-24+. The molecule has 4 rings (SSSR count). The fourth-order valence-corrected chi connectivity index (χ4v) is 3.93. The molecule has 0 unspecified atom stereocenters. The largest absolute Gasteiger partial charge is 0.272 e. The summed E-state index contributed by atoms with van der Waals surface area (Å²) in [6.45, 7) is 1.96. The van der Waals surface area contributed by atoms with E-state index in [1.807, 2.05) is 37.3 Å². The van der Waals surface area contributed by atoms with Gasteiger partial charge in [-0.15, -0.1) is 11.6 Å². The Morgan fingerprint density at radius 1 is 1.06 bits per heavy atom. The molecule has 0 aliphatic heterocycles. The molecule has 1 amide bonds. The summed E-state index contributed by atoms with van der Waals surface area (Å²) in [7, 11) is 0. The van der Waals surface area contributed by atoms with Gasteiger partial charge in [-0.05, 0) is 61.2 Å². The predicted octanol–water partition coefficient (Wildman–Crippen LogP) is 7.16. The number of nitrogens with zero attached hydrogens (tertiary/aromatic N) is 2. The molecule has 0 atom stereocenters. The number of nitrogens with one attached hydrogen (secondary N) is 1. The maximum absolute atomic E-state index is 13.4. The zero-order valence-corrected chi connectivity index (χ0v) is 20.0. The molecule has 0 radical (unpaired) electrons. The van der Waals surface area contributed by atoms with Crippen LogP contribution in [0.4, 0.5) is 4.39 Å². The van der Waals surface area contributed by atoms with Gasteiger partial charge in [0.05, 0.1) is 22.5 Å². The summed E-state index contributed by atoms with van der Waals surface area (Å²) in [5.41, 5.74) is 7.70. The van der Waals surface area contributed by atoms with Crippen molar-refractivity contribution in [3.05, 3.63) is 100 Å². The molecule has 0 aliphatic rings. The minimum Gasteiger partial charge on any atom is -0.267 e. The number of rotatable bonds is 7. The highest BCUT2D eigenvalue weighted by Gasteiger charge is 2.16. The number of benzene rings is 3. The van der Waals surface area contributed by atoms with Crippen LogP contribution in [-0.2, 0) is 0 Å². The average molecular weight is 494 g/mol. The third-order valence-electron chi connectivity index (χ3n) is 5.44. The number of aryl methyl sites for hydroxylation is 1. The summed E-state index contributed by atoms with van der Waals surface area (Å²) in [6, 6.07) is 20.8. The van der Waals surface area contributed by atoms with Crippen molar-refractivity contribution in [2.75, 3.05) is 5.88 Å². The van der Waals surface area contributed by atoms with Crippen LogP contribution in [0.1, 0.15) is 34.3 Å². The smallest absolute Gasteiger partial charge is 0.267 e. The van der Waals surface area contributed by atoms with Crippen molar-refractivity contribution in [3.63, 3.8) is 0 Å². The number of alkyl halides is 1. The Balaban J connectivity index is 1.74. The fraction of sp³-hybridized carbons (Fsp3) is 0.148. The summed E-state index contributed by atoms with van der Waals surface area (Å²) in [6.07, 6.45) is 1.22. The summed E-state index contributed by atoms with van der Waals surface area (Å²) in [4.78, 5) is 18.1. The van der Waals surface area contributed by atoms with Gasteiger partial charge in [0, 0.05) is 21.9 Å². The molecular weight excluding hydrogens is 472 g/mol. The van der Waals surface area contributed by atoms with Crippen molar-refractivity contribution in [1.29, 1.82) is 0 Å². The van der Waals surface area contributed by atoms with Crippen molar-refractivity contribution in [3.8, 4) is 11.3 Å². The Labute approximate surface area is 207 Å².